The maximum absolute atomic E-state index is 14.1. The molecule has 2 aromatic heterocycles. The van der Waals surface area contributed by atoms with Crippen LogP contribution in [0.2, 0.25) is 0 Å². The Labute approximate surface area is 222 Å². The maximum Gasteiger partial charge on any atom is 0.191 e. The second-order valence-corrected chi connectivity index (χ2v) is 12.1. The first-order chi connectivity index (χ1) is 18.7. The first-order valence-corrected chi connectivity index (χ1v) is 13.9. The number of sulfone groups is 1. The monoisotopic (exact) mass is 549 g/mol. The highest BCUT2D eigenvalue weighted by atomic mass is 32.2. The van der Waals surface area contributed by atoms with E-state index in [4.69, 9.17) is 0 Å². The number of Topliss-reactive ketones (excluding diaryl/α,β-unsaturated/α-hetero) is 1. The zero-order valence-electron chi connectivity index (χ0n) is 20.5. The smallest absolute Gasteiger partial charge is 0.191 e. The van der Waals surface area contributed by atoms with Crippen molar-refractivity contribution in [2.45, 2.75) is 35.8 Å². The number of fused-ring (bicyclic) bond motifs is 2. The van der Waals surface area contributed by atoms with E-state index in [0.717, 1.165) is 29.0 Å². The molecule has 6 nitrogen and oxygen atoms in total. The molecule has 4 aromatic rings. The molecule has 0 unspecified atom stereocenters. The molecular weight excluding hydrogens is 527 g/mol. The number of hydrogen-bond donors (Lipinski definition) is 0. The molecule has 1 saturated carbocycles. The van der Waals surface area contributed by atoms with E-state index in [2.05, 4.69) is 10.1 Å². The molecule has 10 heteroatoms. The van der Waals surface area contributed by atoms with Crippen molar-refractivity contribution in [1.29, 1.82) is 0 Å². The lowest BCUT2D eigenvalue weighted by Crippen LogP contribution is -2.45. The van der Waals surface area contributed by atoms with Gasteiger partial charge in [-0.3, -0.25) is 9.78 Å². The second kappa shape index (κ2) is 9.30. The quantitative estimate of drug-likeness (QED) is 0.242. The van der Waals surface area contributed by atoms with E-state index < -0.39 is 32.1 Å². The molecule has 198 valence electrons. The number of aromatic nitrogens is 3. The Kier molecular flexibility index (Phi) is 6.02. The zero-order chi connectivity index (χ0) is 27.4. The molecule has 0 saturated heterocycles. The topological polar surface area (TPSA) is 81.9 Å². The van der Waals surface area contributed by atoms with Gasteiger partial charge in [-0.2, -0.15) is 5.10 Å². The van der Waals surface area contributed by atoms with E-state index in [9.17, 15) is 26.4 Å². The number of halogens is 3. The number of hydrogen-bond acceptors (Lipinski definition) is 5. The molecular formula is C29H22F3N3O3S. The second-order valence-electron chi connectivity index (χ2n) is 9.90. The number of carbonyl (C=O) groups excluding carboxylic acids is 1. The summed E-state index contributed by atoms with van der Waals surface area (Å²) in [5, 5.41) is 3.48. The third-order valence-electron chi connectivity index (χ3n) is 7.68. The van der Waals surface area contributed by atoms with Gasteiger partial charge in [0.1, 0.15) is 11.5 Å². The third-order valence-corrected chi connectivity index (χ3v) is 9.87. The summed E-state index contributed by atoms with van der Waals surface area (Å²) in [4.78, 5) is 18.0. The van der Waals surface area contributed by atoms with Crippen molar-refractivity contribution >= 4 is 21.7 Å². The fourth-order valence-corrected chi connectivity index (χ4v) is 7.55. The number of benzene rings is 2. The van der Waals surface area contributed by atoms with Gasteiger partial charge in [-0.15, -0.1) is 0 Å². The number of allylic oxidation sites excluding steroid dienone is 1. The van der Waals surface area contributed by atoms with Gasteiger partial charge >= 0.3 is 0 Å². The molecule has 6 rings (SSSR count). The van der Waals surface area contributed by atoms with Crippen molar-refractivity contribution in [3.05, 3.63) is 113 Å². The Balaban J connectivity index is 1.45. The van der Waals surface area contributed by atoms with E-state index in [1.54, 1.807) is 41.2 Å². The average Bonchev–Trinajstić information content (AvgIpc) is 3.35. The lowest BCUT2D eigenvalue weighted by Gasteiger charge is -2.43. The Morgan fingerprint density at radius 3 is 2.51 bits per heavy atom. The molecule has 2 atom stereocenters. The Bertz CT molecular complexity index is 1730. The minimum Gasteiger partial charge on any atom is -0.291 e. The summed E-state index contributed by atoms with van der Waals surface area (Å²) in [7, 11) is -4.09. The average molecular weight is 550 g/mol. The van der Waals surface area contributed by atoms with Crippen LogP contribution >= 0.6 is 0 Å². The van der Waals surface area contributed by atoms with Crippen LogP contribution in [0.25, 0.3) is 11.8 Å². The van der Waals surface area contributed by atoms with Gasteiger partial charge in [-0.25, -0.2) is 26.3 Å². The van der Waals surface area contributed by atoms with Gasteiger partial charge in [0, 0.05) is 6.20 Å². The van der Waals surface area contributed by atoms with Gasteiger partial charge in [0.05, 0.1) is 33.1 Å². The van der Waals surface area contributed by atoms with Gasteiger partial charge in [-0.1, -0.05) is 11.6 Å². The maximum atomic E-state index is 14.1. The van der Waals surface area contributed by atoms with Crippen LogP contribution in [-0.4, -0.2) is 34.2 Å². The van der Waals surface area contributed by atoms with Crippen molar-refractivity contribution in [3.8, 4) is 5.69 Å². The number of ketones is 1. The first kappa shape index (κ1) is 25.2. The molecule has 2 aliphatic rings. The molecule has 1 fully saturated rings. The molecule has 2 aromatic carbocycles. The van der Waals surface area contributed by atoms with Crippen LogP contribution in [0.5, 0.6) is 0 Å². The summed E-state index contributed by atoms with van der Waals surface area (Å²) in [5.74, 6) is -3.07. The van der Waals surface area contributed by atoms with Crippen molar-refractivity contribution in [1.82, 2.24) is 14.8 Å². The minimum absolute atomic E-state index is 0.0449. The Hall–Kier alpha value is -4.05. The van der Waals surface area contributed by atoms with Crippen molar-refractivity contribution < 1.29 is 26.4 Å². The highest BCUT2D eigenvalue weighted by Gasteiger charge is 2.52. The molecule has 0 spiro atoms. The summed E-state index contributed by atoms with van der Waals surface area (Å²) in [6.45, 7) is 0. The number of rotatable bonds is 5. The fourth-order valence-electron chi connectivity index (χ4n) is 5.71. The van der Waals surface area contributed by atoms with Crippen LogP contribution in [0.3, 0.4) is 0 Å². The molecule has 39 heavy (non-hydrogen) atoms. The lowest BCUT2D eigenvalue weighted by atomic mass is 9.61. The summed E-state index contributed by atoms with van der Waals surface area (Å²) in [6.07, 6.45) is 5.64. The molecule has 0 N–H and O–H groups in total. The van der Waals surface area contributed by atoms with Crippen LogP contribution in [0.15, 0.2) is 83.5 Å². The molecule has 2 aliphatic carbocycles. The van der Waals surface area contributed by atoms with E-state index in [1.165, 1.54) is 18.3 Å². The van der Waals surface area contributed by atoms with E-state index in [-0.39, 0.29) is 41.5 Å². The van der Waals surface area contributed by atoms with Gasteiger partial charge in [0.15, 0.2) is 27.3 Å². The standard InChI is InChI=1S/C29H22F3N3O3S/c30-20-5-7-21(8-6-20)35-27-13-19-4-9-23(39(37,38)22-10-11-24(31)25(32)14-22)16-29(19,15-18(27)17-34-35)28(36)26-3-1-2-12-33-26/h1-3,5-8,10-14,17,23H,4,9,15-16H2/t23-,29-/m0/s1. The summed E-state index contributed by atoms with van der Waals surface area (Å²) in [5.41, 5.74) is 1.87. The summed E-state index contributed by atoms with van der Waals surface area (Å²) in [6, 6.07) is 13.4. The molecule has 0 radical (unpaired) electrons. The molecule has 2 heterocycles. The predicted octanol–water partition coefficient (Wildman–Crippen LogP) is 5.52. The normalized spacial score (nSPS) is 20.6. The van der Waals surface area contributed by atoms with Gasteiger partial charge in [0.2, 0.25) is 0 Å². The number of carbonyl (C=O) groups is 1. The highest BCUT2D eigenvalue weighted by molar-refractivity contribution is 7.92. The first-order valence-electron chi connectivity index (χ1n) is 12.4. The van der Waals surface area contributed by atoms with Gasteiger partial charge < -0.3 is 0 Å². The van der Waals surface area contributed by atoms with Gasteiger partial charge in [-0.05, 0) is 91.9 Å². The van der Waals surface area contributed by atoms with Crippen LogP contribution < -0.4 is 0 Å². The number of pyridine rings is 1. The number of nitrogens with zero attached hydrogens (tertiary/aromatic N) is 3. The SMILES string of the molecule is O=C(c1ccccn1)[C@]12Cc3cnn(-c4ccc(F)cc4)c3C=C1CC[C@H](S(=O)(=O)c1ccc(F)c(F)c1)C2. The highest BCUT2D eigenvalue weighted by Crippen LogP contribution is 2.51. The van der Waals surface area contributed by atoms with Crippen molar-refractivity contribution in [2.24, 2.45) is 5.41 Å². The van der Waals surface area contributed by atoms with Crippen LogP contribution in [-0.2, 0) is 16.3 Å². The minimum atomic E-state index is -4.09. The predicted molar refractivity (Wildman–Crippen MR) is 137 cm³/mol. The Morgan fingerprint density at radius 1 is 1.00 bits per heavy atom. The lowest BCUT2D eigenvalue weighted by molar-refractivity contribution is 0.0796. The summed E-state index contributed by atoms with van der Waals surface area (Å²) < 4.78 is 69.9. The van der Waals surface area contributed by atoms with Crippen LogP contribution in [0.4, 0.5) is 13.2 Å². The zero-order valence-corrected chi connectivity index (χ0v) is 21.3. The van der Waals surface area contributed by atoms with Crippen LogP contribution in [0, 0.1) is 22.9 Å². The molecule has 0 bridgehead atoms. The molecule has 0 amide bonds. The van der Waals surface area contributed by atoms with E-state index in [0.29, 0.717) is 18.2 Å². The summed E-state index contributed by atoms with van der Waals surface area (Å²) >= 11 is 0. The van der Waals surface area contributed by atoms with Crippen molar-refractivity contribution in [3.63, 3.8) is 0 Å². The van der Waals surface area contributed by atoms with E-state index in [1.807, 2.05) is 6.08 Å². The molecule has 0 aliphatic heterocycles. The van der Waals surface area contributed by atoms with E-state index >= 15 is 0 Å². The largest absolute Gasteiger partial charge is 0.291 e. The van der Waals surface area contributed by atoms with Crippen molar-refractivity contribution in [2.75, 3.05) is 0 Å². The third kappa shape index (κ3) is 4.19. The Morgan fingerprint density at radius 2 is 1.79 bits per heavy atom. The van der Waals surface area contributed by atoms with Gasteiger partial charge in [0.25, 0.3) is 0 Å². The fraction of sp³-hybridized carbons (Fsp3) is 0.207. The van der Waals surface area contributed by atoms with Crippen LogP contribution in [0.1, 0.15) is 41.0 Å².